The zero-order valence-corrected chi connectivity index (χ0v) is 25.7. The number of fused-ring (bicyclic) bond motifs is 1. The van der Waals surface area contributed by atoms with Crippen molar-refractivity contribution < 1.29 is 19.0 Å². The fourth-order valence-electron chi connectivity index (χ4n) is 5.50. The first kappa shape index (κ1) is 29.2. The van der Waals surface area contributed by atoms with Gasteiger partial charge in [0.1, 0.15) is 24.5 Å². The molecule has 1 atom stereocenters. The highest BCUT2D eigenvalue weighted by Gasteiger charge is 2.31. The molecular weight excluding hydrogens is 552 g/mol. The van der Waals surface area contributed by atoms with Gasteiger partial charge in [0.05, 0.1) is 11.1 Å². The molecule has 0 saturated carbocycles. The number of nitrogens with zero attached hydrogens (tertiary/aromatic N) is 4. The molecule has 0 aliphatic carbocycles. The van der Waals surface area contributed by atoms with Crippen molar-refractivity contribution in [1.29, 1.82) is 0 Å². The standard InChI is InChI=1S/C36H38N4O4/c1-36(2,3)44-35(41)40-20-19-28(22-40)27-15-16-29-31(21-27)39(4)38-33(29)30-17-18-32(42-23-25-11-7-5-8-12-25)37-34(30)43-24-26-13-9-6-10-14-26/h5-18,21,28H,19-20,22-24H2,1-4H3/t28-/m1/s1. The van der Waals surface area contributed by atoms with Crippen molar-refractivity contribution in [3.05, 3.63) is 108 Å². The fraction of sp³-hybridized carbons (Fsp3) is 0.306. The quantitative estimate of drug-likeness (QED) is 0.186. The number of aryl methyl sites for hydroxylation is 1. The van der Waals surface area contributed by atoms with Gasteiger partial charge in [-0.2, -0.15) is 10.1 Å². The predicted molar refractivity (Wildman–Crippen MR) is 171 cm³/mol. The van der Waals surface area contributed by atoms with Gasteiger partial charge in [0, 0.05) is 37.5 Å². The minimum absolute atomic E-state index is 0.234. The van der Waals surface area contributed by atoms with E-state index in [9.17, 15) is 4.79 Å². The van der Waals surface area contributed by atoms with E-state index in [0.717, 1.165) is 39.7 Å². The van der Waals surface area contributed by atoms with E-state index in [-0.39, 0.29) is 12.0 Å². The Labute approximate surface area is 258 Å². The van der Waals surface area contributed by atoms with E-state index >= 15 is 0 Å². The summed E-state index contributed by atoms with van der Waals surface area (Å²) in [7, 11) is 1.95. The molecule has 1 aliphatic heterocycles. The molecule has 44 heavy (non-hydrogen) atoms. The van der Waals surface area contributed by atoms with E-state index in [0.29, 0.717) is 38.1 Å². The number of rotatable bonds is 8. The molecule has 8 heteroatoms. The lowest BCUT2D eigenvalue weighted by atomic mass is 9.96. The Morgan fingerprint density at radius 1 is 0.886 bits per heavy atom. The maximum Gasteiger partial charge on any atom is 0.410 e. The van der Waals surface area contributed by atoms with Gasteiger partial charge in [0.2, 0.25) is 11.8 Å². The monoisotopic (exact) mass is 590 g/mol. The Balaban J connectivity index is 1.27. The summed E-state index contributed by atoms with van der Waals surface area (Å²) in [5, 5.41) is 5.92. The first-order valence-electron chi connectivity index (χ1n) is 15.0. The molecule has 0 spiro atoms. The number of aromatic nitrogens is 3. The van der Waals surface area contributed by atoms with Crippen LogP contribution in [-0.2, 0) is 25.0 Å². The average Bonchev–Trinajstić information content (AvgIpc) is 3.64. The molecule has 226 valence electrons. The summed E-state index contributed by atoms with van der Waals surface area (Å²) in [4.78, 5) is 19.2. The SMILES string of the molecule is Cn1nc(-c2ccc(OCc3ccccc3)nc2OCc2ccccc2)c2ccc([C@@H]3CCN(C(=O)OC(C)(C)C)C3)cc21. The first-order valence-corrected chi connectivity index (χ1v) is 15.0. The lowest BCUT2D eigenvalue weighted by Crippen LogP contribution is -2.35. The molecular formula is C36H38N4O4. The molecule has 1 saturated heterocycles. The van der Waals surface area contributed by atoms with Crippen LogP contribution >= 0.6 is 0 Å². The second-order valence-corrected chi connectivity index (χ2v) is 12.2. The molecule has 1 fully saturated rings. The van der Waals surface area contributed by atoms with E-state index in [1.165, 1.54) is 5.56 Å². The third kappa shape index (κ3) is 6.70. The molecule has 3 heterocycles. The Morgan fingerprint density at radius 2 is 1.57 bits per heavy atom. The molecule has 0 unspecified atom stereocenters. The van der Waals surface area contributed by atoms with Crippen molar-refractivity contribution in [2.75, 3.05) is 13.1 Å². The normalized spacial score (nSPS) is 15.0. The van der Waals surface area contributed by atoms with Crippen LogP contribution in [0.25, 0.3) is 22.2 Å². The van der Waals surface area contributed by atoms with E-state index in [1.54, 1.807) is 4.90 Å². The minimum Gasteiger partial charge on any atom is -0.473 e. The molecule has 0 N–H and O–H groups in total. The topological polar surface area (TPSA) is 78.7 Å². The first-order chi connectivity index (χ1) is 21.2. The number of carbonyl (C=O) groups is 1. The third-order valence-corrected chi connectivity index (χ3v) is 7.72. The molecule has 6 rings (SSSR count). The second-order valence-electron chi connectivity index (χ2n) is 12.2. The molecule has 1 aliphatic rings. The Morgan fingerprint density at radius 3 is 2.25 bits per heavy atom. The summed E-state index contributed by atoms with van der Waals surface area (Å²) in [6, 6.07) is 30.3. The number of pyridine rings is 1. The van der Waals surface area contributed by atoms with E-state index < -0.39 is 5.60 Å². The number of amides is 1. The van der Waals surface area contributed by atoms with Gasteiger partial charge in [0.25, 0.3) is 0 Å². The number of ether oxygens (including phenoxy) is 3. The van der Waals surface area contributed by atoms with Crippen molar-refractivity contribution in [3.8, 4) is 23.0 Å². The Kier molecular flexibility index (Phi) is 8.24. The van der Waals surface area contributed by atoms with Crippen molar-refractivity contribution in [2.45, 2.75) is 51.9 Å². The Bertz CT molecular complexity index is 1750. The van der Waals surface area contributed by atoms with Crippen LogP contribution in [-0.4, -0.2) is 44.4 Å². The summed E-state index contributed by atoms with van der Waals surface area (Å²) >= 11 is 0. The summed E-state index contributed by atoms with van der Waals surface area (Å²) in [6.07, 6.45) is 0.636. The number of hydrogen-bond acceptors (Lipinski definition) is 6. The summed E-state index contributed by atoms with van der Waals surface area (Å²) in [5.41, 5.74) is 5.37. The van der Waals surface area contributed by atoms with E-state index in [2.05, 4.69) is 18.2 Å². The smallest absolute Gasteiger partial charge is 0.410 e. The van der Waals surface area contributed by atoms with E-state index in [1.807, 2.05) is 105 Å². The molecule has 8 nitrogen and oxygen atoms in total. The zero-order chi connectivity index (χ0) is 30.7. The largest absolute Gasteiger partial charge is 0.473 e. The number of likely N-dealkylation sites (tertiary alicyclic amines) is 1. The summed E-state index contributed by atoms with van der Waals surface area (Å²) < 4.78 is 19.8. The predicted octanol–water partition coefficient (Wildman–Crippen LogP) is 7.52. The molecule has 0 radical (unpaired) electrons. The fourth-order valence-corrected chi connectivity index (χ4v) is 5.50. The lowest BCUT2D eigenvalue weighted by Gasteiger charge is -2.24. The van der Waals surface area contributed by atoms with Gasteiger partial charge in [-0.25, -0.2) is 4.79 Å². The van der Waals surface area contributed by atoms with Crippen molar-refractivity contribution >= 4 is 17.0 Å². The highest BCUT2D eigenvalue weighted by Crippen LogP contribution is 2.37. The maximum atomic E-state index is 12.6. The molecule has 3 aromatic carbocycles. The lowest BCUT2D eigenvalue weighted by molar-refractivity contribution is 0.0292. The van der Waals surface area contributed by atoms with Crippen molar-refractivity contribution in [2.24, 2.45) is 7.05 Å². The van der Waals surface area contributed by atoms with E-state index in [4.69, 9.17) is 24.3 Å². The van der Waals surface area contributed by atoms with Crippen LogP contribution in [0.1, 0.15) is 49.8 Å². The van der Waals surface area contributed by atoms with Gasteiger partial charge in [-0.3, -0.25) is 4.68 Å². The summed E-state index contributed by atoms with van der Waals surface area (Å²) in [5.74, 6) is 1.18. The molecule has 0 bridgehead atoms. The van der Waals surface area contributed by atoms with Crippen LogP contribution in [0.15, 0.2) is 91.0 Å². The number of benzene rings is 3. The van der Waals surface area contributed by atoms with Gasteiger partial charge in [-0.05, 0) is 56.0 Å². The van der Waals surface area contributed by atoms with Crippen LogP contribution in [0.2, 0.25) is 0 Å². The van der Waals surface area contributed by atoms with Gasteiger partial charge >= 0.3 is 6.09 Å². The van der Waals surface area contributed by atoms with Gasteiger partial charge in [-0.1, -0.05) is 72.8 Å². The van der Waals surface area contributed by atoms with Crippen LogP contribution in [0, 0.1) is 0 Å². The molecule has 2 aromatic heterocycles. The zero-order valence-electron chi connectivity index (χ0n) is 25.7. The van der Waals surface area contributed by atoms with Crippen molar-refractivity contribution in [1.82, 2.24) is 19.7 Å². The average molecular weight is 591 g/mol. The minimum atomic E-state index is -0.510. The maximum absolute atomic E-state index is 12.6. The highest BCUT2D eigenvalue weighted by molar-refractivity contribution is 5.95. The molecule has 5 aromatic rings. The van der Waals surface area contributed by atoms with Crippen LogP contribution in [0.4, 0.5) is 4.79 Å². The van der Waals surface area contributed by atoms with Gasteiger partial charge in [0.15, 0.2) is 0 Å². The number of hydrogen-bond donors (Lipinski definition) is 0. The highest BCUT2D eigenvalue weighted by atomic mass is 16.6. The van der Waals surface area contributed by atoms with Crippen molar-refractivity contribution in [3.63, 3.8) is 0 Å². The van der Waals surface area contributed by atoms with Crippen LogP contribution < -0.4 is 9.47 Å². The van der Waals surface area contributed by atoms with Crippen LogP contribution in [0.3, 0.4) is 0 Å². The second kappa shape index (κ2) is 12.4. The molecule has 1 amide bonds. The summed E-state index contributed by atoms with van der Waals surface area (Å²) in [6.45, 7) is 7.78. The van der Waals surface area contributed by atoms with Gasteiger partial charge < -0.3 is 19.1 Å². The Hall–Kier alpha value is -4.85. The van der Waals surface area contributed by atoms with Gasteiger partial charge in [-0.15, -0.1) is 0 Å². The number of carbonyl (C=O) groups excluding carboxylic acids is 1. The van der Waals surface area contributed by atoms with Crippen LogP contribution in [0.5, 0.6) is 11.8 Å². The third-order valence-electron chi connectivity index (χ3n) is 7.72.